The van der Waals surface area contributed by atoms with Gasteiger partial charge in [-0.3, -0.25) is 4.79 Å². The number of carbonyl (C=O) groups is 1. The normalized spacial score (nSPS) is 10.7. The maximum Gasteiger partial charge on any atom is 0.224 e. The molecule has 0 aliphatic rings. The number of aryl methyl sites for hydroxylation is 1. The lowest BCUT2D eigenvalue weighted by Crippen LogP contribution is -2.26. The van der Waals surface area contributed by atoms with Crippen molar-refractivity contribution in [3.05, 3.63) is 76.1 Å². The molecule has 1 N–H and O–H groups in total. The summed E-state index contributed by atoms with van der Waals surface area (Å²) in [5.41, 5.74) is 4.24. The molecule has 140 valence electrons. The highest BCUT2D eigenvalue weighted by atomic mass is 32.1. The van der Waals surface area contributed by atoms with Gasteiger partial charge in [-0.2, -0.15) is 0 Å². The lowest BCUT2D eigenvalue weighted by molar-refractivity contribution is -0.120. The van der Waals surface area contributed by atoms with Crippen LogP contribution in [0.25, 0.3) is 11.3 Å². The fourth-order valence-corrected chi connectivity index (χ4v) is 3.33. The van der Waals surface area contributed by atoms with Gasteiger partial charge in [0, 0.05) is 24.1 Å². The van der Waals surface area contributed by atoms with Crippen LogP contribution in [-0.4, -0.2) is 24.0 Å². The minimum atomic E-state index is 0.0373. The van der Waals surface area contributed by atoms with Crippen LogP contribution in [0.2, 0.25) is 0 Å². The molecule has 0 aliphatic heterocycles. The Balaban J connectivity index is 1.33. The Morgan fingerprint density at radius 2 is 1.85 bits per heavy atom. The van der Waals surface area contributed by atoms with E-state index in [1.54, 1.807) is 11.3 Å². The molecule has 3 aromatic rings. The van der Waals surface area contributed by atoms with Crippen molar-refractivity contribution in [2.75, 3.05) is 13.2 Å². The van der Waals surface area contributed by atoms with Crippen LogP contribution in [0, 0.1) is 6.92 Å². The molecule has 27 heavy (non-hydrogen) atoms. The number of amides is 1. The van der Waals surface area contributed by atoms with E-state index >= 15 is 0 Å². The molecule has 0 saturated heterocycles. The Morgan fingerprint density at radius 3 is 2.56 bits per heavy atom. The summed E-state index contributed by atoms with van der Waals surface area (Å²) in [5.74, 6) is 0.0373. The van der Waals surface area contributed by atoms with Gasteiger partial charge < -0.3 is 10.1 Å². The Labute approximate surface area is 164 Å². The first-order chi connectivity index (χ1) is 13.2. The molecule has 2 aromatic carbocycles. The topological polar surface area (TPSA) is 51.2 Å². The second-order valence-electron chi connectivity index (χ2n) is 6.37. The number of benzene rings is 2. The van der Waals surface area contributed by atoms with Crippen molar-refractivity contribution in [2.45, 2.75) is 26.4 Å². The lowest BCUT2D eigenvalue weighted by atomic mass is 10.1. The maximum absolute atomic E-state index is 12.1. The fraction of sp³-hybridized carbons (Fsp3) is 0.273. The third kappa shape index (κ3) is 6.31. The van der Waals surface area contributed by atoms with Gasteiger partial charge in [-0.15, -0.1) is 11.3 Å². The number of nitrogens with one attached hydrogen (secondary N) is 1. The van der Waals surface area contributed by atoms with E-state index in [0.29, 0.717) is 26.2 Å². The summed E-state index contributed by atoms with van der Waals surface area (Å²) >= 11 is 1.64. The number of hydrogen-bond acceptors (Lipinski definition) is 4. The van der Waals surface area contributed by atoms with E-state index in [0.717, 1.165) is 33.8 Å². The Bertz CT molecular complexity index is 844. The van der Waals surface area contributed by atoms with Gasteiger partial charge in [0.15, 0.2) is 0 Å². The molecule has 1 heterocycles. The van der Waals surface area contributed by atoms with Gasteiger partial charge in [0.1, 0.15) is 0 Å². The van der Waals surface area contributed by atoms with Crippen LogP contribution in [0.3, 0.4) is 0 Å². The van der Waals surface area contributed by atoms with E-state index in [-0.39, 0.29) is 5.91 Å². The first kappa shape index (κ1) is 19.3. The minimum absolute atomic E-state index is 0.0373. The highest BCUT2D eigenvalue weighted by molar-refractivity contribution is 7.09. The highest BCUT2D eigenvalue weighted by Crippen LogP contribution is 2.21. The molecule has 0 bridgehead atoms. The summed E-state index contributed by atoms with van der Waals surface area (Å²) < 4.78 is 5.62. The molecule has 4 nitrogen and oxygen atoms in total. The number of hydrogen-bond donors (Lipinski definition) is 1. The average molecular weight is 381 g/mol. The monoisotopic (exact) mass is 380 g/mol. The van der Waals surface area contributed by atoms with Crippen LogP contribution in [0.1, 0.15) is 22.6 Å². The molecule has 0 radical (unpaired) electrons. The standard InChI is InChI=1S/C22H24N2O2S/c1-17-24-21(16-27-17)20-10-8-18(9-11-20)14-22(25)23-12-5-13-26-15-19-6-3-2-4-7-19/h2-4,6-11,16H,5,12-15H2,1H3,(H,23,25). The average Bonchev–Trinajstić information content (AvgIpc) is 3.12. The summed E-state index contributed by atoms with van der Waals surface area (Å²) in [6.07, 6.45) is 1.20. The van der Waals surface area contributed by atoms with Crippen molar-refractivity contribution < 1.29 is 9.53 Å². The molecule has 3 rings (SSSR count). The third-order valence-electron chi connectivity index (χ3n) is 4.13. The van der Waals surface area contributed by atoms with Crippen LogP contribution in [0.4, 0.5) is 0 Å². The highest BCUT2D eigenvalue weighted by Gasteiger charge is 2.05. The number of thiazole rings is 1. The van der Waals surface area contributed by atoms with Crippen LogP contribution in [0.15, 0.2) is 60.0 Å². The summed E-state index contributed by atoms with van der Waals surface area (Å²) in [5, 5.41) is 6.06. The second kappa shape index (κ2) is 10.00. The van der Waals surface area contributed by atoms with Gasteiger partial charge >= 0.3 is 0 Å². The zero-order chi connectivity index (χ0) is 18.9. The van der Waals surface area contributed by atoms with Crippen molar-refractivity contribution in [1.29, 1.82) is 0 Å². The largest absolute Gasteiger partial charge is 0.377 e. The quantitative estimate of drug-likeness (QED) is 0.560. The van der Waals surface area contributed by atoms with E-state index in [9.17, 15) is 4.79 Å². The van der Waals surface area contributed by atoms with Gasteiger partial charge in [0.25, 0.3) is 0 Å². The maximum atomic E-state index is 12.1. The number of rotatable bonds is 9. The number of aromatic nitrogens is 1. The van der Waals surface area contributed by atoms with E-state index < -0.39 is 0 Å². The molecule has 5 heteroatoms. The van der Waals surface area contributed by atoms with Crippen LogP contribution < -0.4 is 5.32 Å². The van der Waals surface area contributed by atoms with Gasteiger partial charge in [-0.25, -0.2) is 4.98 Å². The van der Waals surface area contributed by atoms with Crippen molar-refractivity contribution >= 4 is 17.2 Å². The Morgan fingerprint density at radius 1 is 1.07 bits per heavy atom. The zero-order valence-corrected chi connectivity index (χ0v) is 16.3. The van der Waals surface area contributed by atoms with Crippen LogP contribution >= 0.6 is 11.3 Å². The molecule has 0 unspecified atom stereocenters. The zero-order valence-electron chi connectivity index (χ0n) is 15.5. The second-order valence-corrected chi connectivity index (χ2v) is 7.43. The first-order valence-electron chi connectivity index (χ1n) is 9.10. The fourth-order valence-electron chi connectivity index (χ4n) is 2.70. The minimum Gasteiger partial charge on any atom is -0.377 e. The van der Waals surface area contributed by atoms with Crippen molar-refractivity contribution in [1.82, 2.24) is 10.3 Å². The molecule has 1 amide bonds. The van der Waals surface area contributed by atoms with Crippen molar-refractivity contribution in [3.63, 3.8) is 0 Å². The van der Waals surface area contributed by atoms with Crippen LogP contribution in [-0.2, 0) is 22.6 Å². The van der Waals surface area contributed by atoms with E-state index in [4.69, 9.17) is 4.74 Å². The first-order valence-corrected chi connectivity index (χ1v) is 9.98. The molecular formula is C22H24N2O2S. The van der Waals surface area contributed by atoms with Crippen molar-refractivity contribution in [3.8, 4) is 11.3 Å². The molecule has 0 saturated carbocycles. The molecule has 0 fully saturated rings. The smallest absolute Gasteiger partial charge is 0.224 e. The lowest BCUT2D eigenvalue weighted by Gasteiger charge is -2.07. The number of nitrogens with zero attached hydrogens (tertiary/aromatic N) is 1. The third-order valence-corrected chi connectivity index (χ3v) is 4.91. The number of ether oxygens (including phenoxy) is 1. The Kier molecular flexibility index (Phi) is 7.13. The van der Waals surface area contributed by atoms with Crippen LogP contribution in [0.5, 0.6) is 0 Å². The molecular weight excluding hydrogens is 356 g/mol. The SMILES string of the molecule is Cc1nc(-c2ccc(CC(=O)NCCCOCc3ccccc3)cc2)cs1. The summed E-state index contributed by atoms with van der Waals surface area (Å²) in [6.45, 7) is 3.87. The van der Waals surface area contributed by atoms with E-state index in [2.05, 4.69) is 15.7 Å². The van der Waals surface area contributed by atoms with Gasteiger partial charge in [-0.05, 0) is 24.5 Å². The summed E-state index contributed by atoms with van der Waals surface area (Å²) in [6, 6.07) is 18.1. The predicted molar refractivity (Wildman–Crippen MR) is 110 cm³/mol. The number of carbonyl (C=O) groups excluding carboxylic acids is 1. The molecule has 1 aromatic heterocycles. The van der Waals surface area contributed by atoms with Gasteiger partial charge in [-0.1, -0.05) is 54.6 Å². The summed E-state index contributed by atoms with van der Waals surface area (Å²) in [4.78, 5) is 16.5. The molecule has 0 atom stereocenters. The molecule has 0 aliphatic carbocycles. The van der Waals surface area contributed by atoms with E-state index in [1.165, 1.54) is 0 Å². The molecule has 0 spiro atoms. The van der Waals surface area contributed by atoms with Gasteiger partial charge in [0.05, 0.1) is 23.7 Å². The van der Waals surface area contributed by atoms with Gasteiger partial charge in [0.2, 0.25) is 5.91 Å². The van der Waals surface area contributed by atoms with Crippen molar-refractivity contribution in [2.24, 2.45) is 0 Å². The summed E-state index contributed by atoms with van der Waals surface area (Å²) in [7, 11) is 0. The van der Waals surface area contributed by atoms with E-state index in [1.807, 2.05) is 61.5 Å². The predicted octanol–water partition coefficient (Wildman–Crippen LogP) is 4.38. The Hall–Kier alpha value is -2.50.